The number of fused-ring (bicyclic) bond motifs is 1. The van der Waals surface area contributed by atoms with Gasteiger partial charge in [0.15, 0.2) is 0 Å². The summed E-state index contributed by atoms with van der Waals surface area (Å²) in [5.41, 5.74) is 2.88. The minimum Gasteiger partial charge on any atom is -0.496 e. The van der Waals surface area contributed by atoms with Crippen LogP contribution in [0.25, 0.3) is 9.40 Å². The summed E-state index contributed by atoms with van der Waals surface area (Å²) in [5.74, 6) is 0.764. The Hall–Kier alpha value is -0.880. The molecular formula is C16H15BrO2S2. The van der Waals surface area contributed by atoms with Gasteiger partial charge in [0.2, 0.25) is 0 Å². The van der Waals surface area contributed by atoms with E-state index in [1.807, 2.05) is 19.9 Å². The van der Waals surface area contributed by atoms with Crippen LogP contribution in [0.5, 0.6) is 5.75 Å². The van der Waals surface area contributed by atoms with E-state index in [-0.39, 0.29) is 0 Å². The van der Waals surface area contributed by atoms with Gasteiger partial charge in [0.25, 0.3) is 0 Å². The van der Waals surface area contributed by atoms with Crippen molar-refractivity contribution in [3.8, 4) is 5.75 Å². The molecule has 21 heavy (non-hydrogen) atoms. The van der Waals surface area contributed by atoms with Gasteiger partial charge >= 0.3 is 0 Å². The van der Waals surface area contributed by atoms with Crippen LogP contribution in [-0.2, 0) is 0 Å². The number of aliphatic hydroxyl groups excluding tert-OH is 1. The van der Waals surface area contributed by atoms with Crippen molar-refractivity contribution < 1.29 is 9.84 Å². The molecule has 0 aliphatic carbocycles. The quantitative estimate of drug-likeness (QED) is 0.653. The fourth-order valence-electron chi connectivity index (χ4n) is 2.54. The van der Waals surface area contributed by atoms with Crippen LogP contribution in [0.15, 0.2) is 28.1 Å². The Bertz CT molecular complexity index is 776. The molecule has 1 atom stereocenters. The van der Waals surface area contributed by atoms with Crippen LogP contribution in [0.2, 0.25) is 0 Å². The summed E-state index contributed by atoms with van der Waals surface area (Å²) in [7, 11) is 1.65. The Morgan fingerprint density at radius 2 is 2.00 bits per heavy atom. The van der Waals surface area contributed by atoms with Gasteiger partial charge in [0.1, 0.15) is 11.9 Å². The predicted molar refractivity (Wildman–Crippen MR) is 93.9 cm³/mol. The lowest BCUT2D eigenvalue weighted by Gasteiger charge is -2.19. The number of aliphatic hydroxyl groups is 1. The van der Waals surface area contributed by atoms with Crippen molar-refractivity contribution in [3.63, 3.8) is 0 Å². The van der Waals surface area contributed by atoms with E-state index in [1.54, 1.807) is 29.8 Å². The third-order valence-electron chi connectivity index (χ3n) is 3.61. The molecule has 0 bridgehead atoms. The summed E-state index contributed by atoms with van der Waals surface area (Å²) >= 11 is 6.90. The van der Waals surface area contributed by atoms with Crippen LogP contribution in [0.4, 0.5) is 0 Å². The average Bonchev–Trinajstić information content (AvgIpc) is 3.02. The number of rotatable bonds is 3. The van der Waals surface area contributed by atoms with Crippen molar-refractivity contribution in [2.24, 2.45) is 0 Å². The van der Waals surface area contributed by atoms with Crippen molar-refractivity contribution in [3.05, 3.63) is 49.6 Å². The van der Waals surface area contributed by atoms with E-state index in [0.717, 1.165) is 31.8 Å². The molecule has 3 rings (SSSR count). The molecule has 3 aromatic rings. The zero-order chi connectivity index (χ0) is 15.1. The molecule has 2 heterocycles. The fraction of sp³-hybridized carbons (Fsp3) is 0.250. The van der Waals surface area contributed by atoms with E-state index >= 15 is 0 Å². The van der Waals surface area contributed by atoms with Crippen LogP contribution in [0.3, 0.4) is 0 Å². The zero-order valence-electron chi connectivity index (χ0n) is 11.9. The molecular weight excluding hydrogens is 368 g/mol. The molecule has 5 heteroatoms. The molecule has 2 nitrogen and oxygen atoms in total. The van der Waals surface area contributed by atoms with Gasteiger partial charge in [-0.1, -0.05) is 15.9 Å². The minimum absolute atomic E-state index is 0.666. The molecule has 0 radical (unpaired) electrons. The average molecular weight is 383 g/mol. The molecule has 1 unspecified atom stereocenters. The predicted octanol–water partition coefficient (Wildman–Crippen LogP) is 5.43. The van der Waals surface area contributed by atoms with Gasteiger partial charge in [-0.05, 0) is 48.6 Å². The number of halogens is 1. The zero-order valence-corrected chi connectivity index (χ0v) is 15.2. The van der Waals surface area contributed by atoms with Crippen LogP contribution in [0.1, 0.15) is 27.7 Å². The smallest absolute Gasteiger partial charge is 0.128 e. The van der Waals surface area contributed by atoms with E-state index in [0.29, 0.717) is 0 Å². The van der Waals surface area contributed by atoms with Gasteiger partial charge in [-0.15, -0.1) is 22.7 Å². The van der Waals surface area contributed by atoms with Crippen molar-refractivity contribution >= 4 is 48.0 Å². The highest BCUT2D eigenvalue weighted by atomic mass is 79.9. The minimum atomic E-state index is -0.666. The Morgan fingerprint density at radius 1 is 1.24 bits per heavy atom. The molecule has 0 aliphatic heterocycles. The first-order chi connectivity index (χ1) is 10.0. The van der Waals surface area contributed by atoms with Gasteiger partial charge in [0.05, 0.1) is 7.11 Å². The Labute approximate surface area is 140 Å². The lowest BCUT2D eigenvalue weighted by Crippen LogP contribution is -2.05. The lowest BCUT2D eigenvalue weighted by molar-refractivity contribution is 0.217. The number of hydrogen-bond acceptors (Lipinski definition) is 4. The summed E-state index contributed by atoms with van der Waals surface area (Å²) in [4.78, 5) is 0.954. The molecule has 0 amide bonds. The van der Waals surface area contributed by atoms with Crippen LogP contribution in [-0.4, -0.2) is 12.2 Å². The fourth-order valence-corrected chi connectivity index (χ4v) is 5.21. The van der Waals surface area contributed by atoms with Crippen molar-refractivity contribution in [1.82, 2.24) is 0 Å². The summed E-state index contributed by atoms with van der Waals surface area (Å²) in [6.45, 7) is 3.99. The van der Waals surface area contributed by atoms with E-state index in [4.69, 9.17) is 4.74 Å². The van der Waals surface area contributed by atoms with Crippen LogP contribution in [0, 0.1) is 13.8 Å². The second-order valence-corrected chi connectivity index (χ2v) is 7.87. The van der Waals surface area contributed by atoms with E-state index in [1.165, 1.54) is 9.40 Å². The Kier molecular flexibility index (Phi) is 4.10. The number of methoxy groups -OCH3 is 1. The molecule has 0 aliphatic rings. The monoisotopic (exact) mass is 382 g/mol. The van der Waals surface area contributed by atoms with Crippen molar-refractivity contribution in [1.29, 1.82) is 0 Å². The normalized spacial score (nSPS) is 12.8. The molecule has 0 fully saturated rings. The molecule has 1 N–H and O–H groups in total. The number of aryl methyl sites for hydroxylation is 1. The number of ether oxygens (including phenoxy) is 1. The third-order valence-corrected chi connectivity index (χ3v) is 6.58. The highest BCUT2D eigenvalue weighted by Crippen LogP contribution is 2.42. The summed E-state index contributed by atoms with van der Waals surface area (Å²) in [5, 5.41) is 12.9. The van der Waals surface area contributed by atoms with E-state index in [2.05, 4.69) is 33.4 Å². The first-order valence-electron chi connectivity index (χ1n) is 6.51. The molecule has 0 saturated carbocycles. The third kappa shape index (κ3) is 2.52. The Balaban J connectivity index is 2.16. The van der Waals surface area contributed by atoms with Crippen molar-refractivity contribution in [2.45, 2.75) is 20.0 Å². The highest BCUT2D eigenvalue weighted by Gasteiger charge is 2.23. The Morgan fingerprint density at radius 3 is 2.67 bits per heavy atom. The summed E-state index contributed by atoms with van der Waals surface area (Å²) < 4.78 is 8.97. The van der Waals surface area contributed by atoms with E-state index < -0.39 is 6.10 Å². The van der Waals surface area contributed by atoms with Gasteiger partial charge < -0.3 is 9.84 Å². The van der Waals surface area contributed by atoms with Crippen molar-refractivity contribution in [2.75, 3.05) is 7.11 Å². The van der Waals surface area contributed by atoms with Crippen LogP contribution >= 0.6 is 38.6 Å². The van der Waals surface area contributed by atoms with Gasteiger partial charge in [-0.3, -0.25) is 0 Å². The summed E-state index contributed by atoms with van der Waals surface area (Å²) in [6, 6.07) is 6.19. The number of thiophene rings is 2. The summed E-state index contributed by atoms with van der Waals surface area (Å²) in [6.07, 6.45) is -0.666. The second kappa shape index (κ2) is 5.72. The first kappa shape index (κ1) is 15.0. The molecule has 0 spiro atoms. The maximum Gasteiger partial charge on any atom is 0.128 e. The van der Waals surface area contributed by atoms with Gasteiger partial charge in [0, 0.05) is 24.3 Å². The van der Waals surface area contributed by atoms with Gasteiger partial charge in [-0.2, -0.15) is 0 Å². The van der Waals surface area contributed by atoms with Gasteiger partial charge in [-0.25, -0.2) is 0 Å². The standard InChI is InChI=1S/C16H15BrO2S2/c1-8-6-10(17)9(2)14(16(8)19-3)15(18)13-7-12-11(21-13)4-5-20-12/h4-7,15,18H,1-3H3. The highest BCUT2D eigenvalue weighted by molar-refractivity contribution is 9.10. The maximum absolute atomic E-state index is 10.9. The molecule has 2 aromatic heterocycles. The number of hydrogen-bond donors (Lipinski definition) is 1. The largest absolute Gasteiger partial charge is 0.496 e. The molecule has 1 aromatic carbocycles. The lowest BCUT2D eigenvalue weighted by atomic mass is 9.98. The van der Waals surface area contributed by atoms with Crippen LogP contribution < -0.4 is 4.74 Å². The SMILES string of the molecule is COc1c(C)cc(Br)c(C)c1C(O)c1cc2sccc2s1. The second-order valence-electron chi connectivity index (χ2n) is 4.95. The molecule has 110 valence electrons. The number of benzene rings is 1. The molecule has 0 saturated heterocycles. The first-order valence-corrected chi connectivity index (χ1v) is 9.00. The topological polar surface area (TPSA) is 29.5 Å². The van der Waals surface area contributed by atoms with E-state index in [9.17, 15) is 5.11 Å². The maximum atomic E-state index is 10.9.